The van der Waals surface area contributed by atoms with E-state index < -0.39 is 0 Å². The zero-order chi connectivity index (χ0) is 12.3. The molecule has 0 amide bonds. The SMILES string of the molecule is Cc1nc(CN(C)CC2(C=O)CCOC2)cs1. The van der Waals surface area contributed by atoms with Gasteiger partial charge in [0.15, 0.2) is 0 Å². The van der Waals surface area contributed by atoms with Crippen molar-refractivity contribution in [3.8, 4) is 0 Å². The predicted octanol–water partition coefficient (Wildman–Crippen LogP) is 1.49. The summed E-state index contributed by atoms with van der Waals surface area (Å²) in [7, 11) is 2.03. The van der Waals surface area contributed by atoms with Gasteiger partial charge < -0.3 is 9.53 Å². The summed E-state index contributed by atoms with van der Waals surface area (Å²) >= 11 is 1.66. The molecule has 17 heavy (non-hydrogen) atoms. The van der Waals surface area contributed by atoms with E-state index >= 15 is 0 Å². The van der Waals surface area contributed by atoms with E-state index in [1.807, 2.05) is 14.0 Å². The Balaban J connectivity index is 1.92. The minimum absolute atomic E-state index is 0.306. The molecule has 94 valence electrons. The lowest BCUT2D eigenvalue weighted by molar-refractivity contribution is -0.117. The van der Waals surface area contributed by atoms with E-state index in [4.69, 9.17) is 4.74 Å². The Bertz CT molecular complexity index is 386. The molecular weight excluding hydrogens is 236 g/mol. The molecule has 0 bridgehead atoms. The van der Waals surface area contributed by atoms with E-state index in [0.717, 1.165) is 36.5 Å². The second-order valence-corrected chi connectivity index (χ2v) is 5.88. The first kappa shape index (κ1) is 12.7. The molecule has 1 aliphatic rings. The van der Waals surface area contributed by atoms with Crippen molar-refractivity contribution in [1.29, 1.82) is 0 Å². The molecule has 0 radical (unpaired) electrons. The van der Waals surface area contributed by atoms with Crippen LogP contribution in [0.2, 0.25) is 0 Å². The fraction of sp³-hybridized carbons (Fsp3) is 0.667. The lowest BCUT2D eigenvalue weighted by Gasteiger charge is -2.26. The molecule has 5 heteroatoms. The van der Waals surface area contributed by atoms with E-state index in [0.29, 0.717) is 13.2 Å². The third kappa shape index (κ3) is 3.12. The number of hydrogen-bond donors (Lipinski definition) is 0. The van der Waals surface area contributed by atoms with Crippen molar-refractivity contribution < 1.29 is 9.53 Å². The summed E-state index contributed by atoms with van der Waals surface area (Å²) in [6, 6.07) is 0. The first-order valence-electron chi connectivity index (χ1n) is 5.77. The maximum absolute atomic E-state index is 11.2. The Hall–Kier alpha value is -0.780. The van der Waals surface area contributed by atoms with E-state index in [1.54, 1.807) is 11.3 Å². The smallest absolute Gasteiger partial charge is 0.129 e. The van der Waals surface area contributed by atoms with Crippen LogP contribution in [0.5, 0.6) is 0 Å². The zero-order valence-corrected chi connectivity index (χ0v) is 11.1. The van der Waals surface area contributed by atoms with Crippen molar-refractivity contribution in [2.75, 3.05) is 26.8 Å². The van der Waals surface area contributed by atoms with Crippen LogP contribution >= 0.6 is 11.3 Å². The van der Waals surface area contributed by atoms with Crippen LogP contribution < -0.4 is 0 Å². The fourth-order valence-electron chi connectivity index (χ4n) is 2.23. The van der Waals surface area contributed by atoms with Crippen LogP contribution in [-0.4, -0.2) is 43.0 Å². The monoisotopic (exact) mass is 254 g/mol. The Morgan fingerprint density at radius 2 is 2.53 bits per heavy atom. The van der Waals surface area contributed by atoms with Crippen molar-refractivity contribution in [3.63, 3.8) is 0 Å². The highest BCUT2D eigenvalue weighted by Gasteiger charge is 2.35. The Morgan fingerprint density at radius 1 is 1.71 bits per heavy atom. The van der Waals surface area contributed by atoms with E-state index in [-0.39, 0.29) is 5.41 Å². The van der Waals surface area contributed by atoms with Gasteiger partial charge in [-0.3, -0.25) is 4.90 Å². The van der Waals surface area contributed by atoms with Gasteiger partial charge in [0, 0.05) is 25.1 Å². The van der Waals surface area contributed by atoms with E-state index in [9.17, 15) is 4.79 Å². The summed E-state index contributed by atoms with van der Waals surface area (Å²) in [6.45, 7) is 4.79. The molecule has 1 aromatic heterocycles. The number of thiazole rings is 1. The summed E-state index contributed by atoms with van der Waals surface area (Å²) in [5.41, 5.74) is 0.773. The summed E-state index contributed by atoms with van der Waals surface area (Å²) in [4.78, 5) is 17.8. The Kier molecular flexibility index (Phi) is 3.91. The van der Waals surface area contributed by atoms with Gasteiger partial charge >= 0.3 is 0 Å². The number of aromatic nitrogens is 1. The number of nitrogens with zero attached hydrogens (tertiary/aromatic N) is 2. The second-order valence-electron chi connectivity index (χ2n) is 4.81. The molecule has 1 fully saturated rings. The fourth-order valence-corrected chi connectivity index (χ4v) is 2.83. The van der Waals surface area contributed by atoms with Crippen LogP contribution in [0.3, 0.4) is 0 Å². The summed E-state index contributed by atoms with van der Waals surface area (Å²) < 4.78 is 5.34. The molecular formula is C12H18N2O2S. The lowest BCUT2D eigenvalue weighted by atomic mass is 9.89. The van der Waals surface area contributed by atoms with Gasteiger partial charge in [0.2, 0.25) is 0 Å². The average molecular weight is 254 g/mol. The molecule has 1 saturated heterocycles. The molecule has 1 atom stereocenters. The van der Waals surface area contributed by atoms with Crippen LogP contribution in [-0.2, 0) is 16.1 Å². The Labute approximate surface area is 106 Å². The molecule has 0 aromatic carbocycles. The van der Waals surface area contributed by atoms with Crippen LogP contribution in [0.15, 0.2) is 5.38 Å². The van der Waals surface area contributed by atoms with Gasteiger partial charge in [-0.25, -0.2) is 4.98 Å². The molecule has 0 spiro atoms. The van der Waals surface area contributed by atoms with Gasteiger partial charge in [-0.05, 0) is 20.4 Å². The van der Waals surface area contributed by atoms with Crippen molar-refractivity contribution in [1.82, 2.24) is 9.88 Å². The number of hydrogen-bond acceptors (Lipinski definition) is 5. The molecule has 0 saturated carbocycles. The van der Waals surface area contributed by atoms with Crippen LogP contribution in [0, 0.1) is 12.3 Å². The standard InChI is InChI=1S/C12H18N2O2S/c1-10-13-11(6-17-10)5-14(2)7-12(8-15)3-4-16-9-12/h6,8H,3-5,7,9H2,1-2H3. The van der Waals surface area contributed by atoms with E-state index in [2.05, 4.69) is 15.3 Å². The molecule has 0 aliphatic carbocycles. The maximum Gasteiger partial charge on any atom is 0.129 e. The molecule has 2 rings (SSSR count). The summed E-state index contributed by atoms with van der Waals surface area (Å²) in [5.74, 6) is 0. The number of rotatable bonds is 5. The number of aryl methyl sites for hydroxylation is 1. The predicted molar refractivity (Wildman–Crippen MR) is 67.1 cm³/mol. The number of carbonyl (C=O) groups is 1. The molecule has 0 N–H and O–H groups in total. The van der Waals surface area contributed by atoms with Gasteiger partial charge in [0.05, 0.1) is 22.7 Å². The van der Waals surface area contributed by atoms with Crippen molar-refractivity contribution in [2.45, 2.75) is 19.9 Å². The third-order valence-corrected chi connectivity index (χ3v) is 3.89. The molecule has 1 unspecified atom stereocenters. The second kappa shape index (κ2) is 5.25. The maximum atomic E-state index is 11.2. The van der Waals surface area contributed by atoms with Gasteiger partial charge in [-0.1, -0.05) is 0 Å². The molecule has 1 aromatic rings. The molecule has 2 heterocycles. The number of aldehydes is 1. The highest BCUT2D eigenvalue weighted by Crippen LogP contribution is 2.27. The van der Waals surface area contributed by atoms with Crippen LogP contribution in [0.25, 0.3) is 0 Å². The van der Waals surface area contributed by atoms with Crippen LogP contribution in [0.1, 0.15) is 17.1 Å². The topological polar surface area (TPSA) is 42.4 Å². The minimum Gasteiger partial charge on any atom is -0.380 e. The van der Waals surface area contributed by atoms with E-state index in [1.165, 1.54) is 0 Å². The highest BCUT2D eigenvalue weighted by molar-refractivity contribution is 7.09. The third-order valence-electron chi connectivity index (χ3n) is 3.07. The lowest BCUT2D eigenvalue weighted by Crippen LogP contribution is -2.37. The van der Waals surface area contributed by atoms with Crippen molar-refractivity contribution in [2.24, 2.45) is 5.41 Å². The van der Waals surface area contributed by atoms with Gasteiger partial charge in [0.1, 0.15) is 6.29 Å². The van der Waals surface area contributed by atoms with Crippen LogP contribution in [0.4, 0.5) is 0 Å². The zero-order valence-electron chi connectivity index (χ0n) is 10.3. The molecule has 4 nitrogen and oxygen atoms in total. The van der Waals surface area contributed by atoms with Crippen molar-refractivity contribution in [3.05, 3.63) is 16.1 Å². The average Bonchev–Trinajstić information content (AvgIpc) is 2.89. The quantitative estimate of drug-likeness (QED) is 0.747. The molecule has 1 aliphatic heterocycles. The van der Waals surface area contributed by atoms with Gasteiger partial charge in [-0.15, -0.1) is 11.3 Å². The number of carbonyl (C=O) groups excluding carboxylic acids is 1. The minimum atomic E-state index is -0.306. The number of ether oxygens (including phenoxy) is 1. The first-order valence-corrected chi connectivity index (χ1v) is 6.65. The first-order chi connectivity index (χ1) is 8.13. The summed E-state index contributed by atoms with van der Waals surface area (Å²) in [5, 5.41) is 3.16. The largest absolute Gasteiger partial charge is 0.380 e. The van der Waals surface area contributed by atoms with Gasteiger partial charge in [0.25, 0.3) is 0 Å². The van der Waals surface area contributed by atoms with Crippen molar-refractivity contribution >= 4 is 17.6 Å². The summed E-state index contributed by atoms with van der Waals surface area (Å²) in [6.07, 6.45) is 1.89. The normalized spacial score (nSPS) is 24.4. The van der Waals surface area contributed by atoms with Gasteiger partial charge in [-0.2, -0.15) is 0 Å². The Morgan fingerprint density at radius 3 is 3.06 bits per heavy atom. The highest BCUT2D eigenvalue weighted by atomic mass is 32.1.